The zero-order valence-corrected chi connectivity index (χ0v) is 24.5. The van der Waals surface area contributed by atoms with Gasteiger partial charge in [-0.1, -0.05) is 0 Å². The third-order valence-corrected chi connectivity index (χ3v) is 9.77. The van der Waals surface area contributed by atoms with Gasteiger partial charge in [-0.2, -0.15) is 9.47 Å². The minimum Gasteiger partial charge on any atom is -0.453 e. The number of hydrogen-bond donors (Lipinski definition) is 1. The smallest absolute Gasteiger partial charge is 0.409 e. The van der Waals surface area contributed by atoms with Crippen LogP contribution < -0.4 is 5.32 Å². The number of halogens is 2. The fraction of sp³-hybridized carbons (Fsp3) is 0.679. The number of carbonyl (C=O) groups excluding carboxylic acids is 1. The molecule has 1 amide bonds. The van der Waals surface area contributed by atoms with Crippen molar-refractivity contribution in [1.29, 1.82) is 0 Å². The van der Waals surface area contributed by atoms with Crippen LogP contribution in [0.1, 0.15) is 74.5 Å². The molecule has 10 nitrogen and oxygen atoms in total. The van der Waals surface area contributed by atoms with E-state index >= 15 is 0 Å². The fourth-order valence-corrected chi connectivity index (χ4v) is 7.33. The zero-order valence-electron chi connectivity index (χ0n) is 23.7. The van der Waals surface area contributed by atoms with Gasteiger partial charge in [0, 0.05) is 63.7 Å². The Hall–Kier alpha value is -2.93. The van der Waals surface area contributed by atoms with E-state index in [1.807, 2.05) is 17.8 Å². The molecule has 4 heterocycles. The van der Waals surface area contributed by atoms with Gasteiger partial charge in [0.2, 0.25) is 5.92 Å². The van der Waals surface area contributed by atoms with Crippen molar-refractivity contribution < 1.29 is 18.3 Å². The van der Waals surface area contributed by atoms with Crippen molar-refractivity contribution in [3.63, 3.8) is 0 Å². The van der Waals surface area contributed by atoms with Crippen LogP contribution in [0.3, 0.4) is 0 Å². The van der Waals surface area contributed by atoms with Crippen molar-refractivity contribution in [2.24, 2.45) is 0 Å². The van der Waals surface area contributed by atoms with Gasteiger partial charge in [0.15, 0.2) is 0 Å². The molecule has 3 fully saturated rings. The molecule has 0 unspecified atom stereocenters. The molecular formula is C28H38F2N8O2S. The molecule has 0 radical (unpaired) electrons. The predicted octanol–water partition coefficient (Wildman–Crippen LogP) is 5.04. The van der Waals surface area contributed by atoms with Crippen molar-refractivity contribution in [3.8, 4) is 0 Å². The van der Waals surface area contributed by atoms with Crippen LogP contribution in [0.15, 0.2) is 12.4 Å². The van der Waals surface area contributed by atoms with Gasteiger partial charge in [0.25, 0.3) is 0 Å². The molecule has 222 valence electrons. The van der Waals surface area contributed by atoms with Gasteiger partial charge in [-0.15, -0.1) is 0 Å². The molecular weight excluding hydrogens is 550 g/mol. The number of aryl methyl sites for hydroxylation is 1. The SMILES string of the molecule is COC(=O)N1CCN(C2CCC(Nc3nc(Cc4cnn(C5CCC(F)(F)CC5)c4)nc4snc(C)c34)CC2)CC1. The van der Waals surface area contributed by atoms with E-state index in [2.05, 4.69) is 19.7 Å². The Morgan fingerprint density at radius 1 is 1.07 bits per heavy atom. The summed E-state index contributed by atoms with van der Waals surface area (Å²) in [4.78, 5) is 26.7. The number of ether oxygens (including phenoxy) is 1. The summed E-state index contributed by atoms with van der Waals surface area (Å²) in [7, 11) is 1.43. The Morgan fingerprint density at radius 3 is 2.51 bits per heavy atom. The molecule has 1 N–H and O–H groups in total. The van der Waals surface area contributed by atoms with E-state index in [1.165, 1.54) is 18.6 Å². The zero-order chi connectivity index (χ0) is 28.6. The highest BCUT2D eigenvalue weighted by Crippen LogP contribution is 2.38. The number of rotatable bonds is 6. The van der Waals surface area contributed by atoms with Crippen LogP contribution in [0.4, 0.5) is 19.4 Å². The lowest BCUT2D eigenvalue weighted by Gasteiger charge is -2.41. The highest BCUT2D eigenvalue weighted by molar-refractivity contribution is 7.13. The molecule has 0 atom stereocenters. The first kappa shape index (κ1) is 28.2. The number of fused-ring (bicyclic) bond motifs is 1. The summed E-state index contributed by atoms with van der Waals surface area (Å²) in [5.74, 6) is -1.00. The summed E-state index contributed by atoms with van der Waals surface area (Å²) in [6.45, 7) is 5.20. The van der Waals surface area contributed by atoms with Gasteiger partial charge in [-0.25, -0.2) is 23.5 Å². The van der Waals surface area contributed by atoms with Crippen LogP contribution in [0.5, 0.6) is 0 Å². The molecule has 1 aliphatic heterocycles. The number of hydrogen-bond acceptors (Lipinski definition) is 9. The first-order valence-electron chi connectivity index (χ1n) is 14.7. The van der Waals surface area contributed by atoms with E-state index in [0.717, 1.165) is 66.1 Å². The summed E-state index contributed by atoms with van der Waals surface area (Å²) < 4.78 is 38.5. The number of nitrogens with one attached hydrogen (secondary N) is 1. The van der Waals surface area contributed by atoms with Gasteiger partial charge in [0.05, 0.1) is 30.4 Å². The van der Waals surface area contributed by atoms with Gasteiger partial charge >= 0.3 is 6.09 Å². The van der Waals surface area contributed by atoms with Crippen LogP contribution in [0.2, 0.25) is 0 Å². The molecule has 3 aliphatic rings. The van der Waals surface area contributed by atoms with Gasteiger partial charge < -0.3 is 15.0 Å². The summed E-state index contributed by atoms with van der Waals surface area (Å²) in [6.07, 6.45) is 9.06. The average Bonchev–Trinajstić information content (AvgIpc) is 3.59. The van der Waals surface area contributed by atoms with Crippen LogP contribution in [0, 0.1) is 6.92 Å². The molecule has 3 aromatic rings. The molecule has 0 spiro atoms. The van der Waals surface area contributed by atoms with Crippen molar-refractivity contribution in [3.05, 3.63) is 29.5 Å². The lowest BCUT2D eigenvalue weighted by molar-refractivity contribution is -0.0450. The number of alkyl halides is 2. The maximum Gasteiger partial charge on any atom is 0.409 e. The number of aromatic nitrogens is 5. The highest BCUT2D eigenvalue weighted by Gasteiger charge is 2.36. The van der Waals surface area contributed by atoms with Crippen molar-refractivity contribution in [2.45, 2.75) is 88.8 Å². The maximum atomic E-state index is 13.6. The maximum absolute atomic E-state index is 13.6. The van der Waals surface area contributed by atoms with Crippen molar-refractivity contribution >= 4 is 33.7 Å². The second kappa shape index (κ2) is 11.7. The molecule has 6 rings (SSSR count). The minimum absolute atomic E-state index is 0.0139. The lowest BCUT2D eigenvalue weighted by Crippen LogP contribution is -2.53. The summed E-state index contributed by atoms with van der Waals surface area (Å²) in [5, 5.41) is 9.21. The average molecular weight is 589 g/mol. The van der Waals surface area contributed by atoms with E-state index in [9.17, 15) is 13.6 Å². The Bertz CT molecular complexity index is 1350. The second-order valence-electron chi connectivity index (χ2n) is 11.7. The summed E-state index contributed by atoms with van der Waals surface area (Å²) in [6, 6.07) is 0.866. The number of carbonyl (C=O) groups is 1. The Balaban J connectivity index is 1.09. The van der Waals surface area contributed by atoms with Gasteiger partial charge in [-0.3, -0.25) is 9.58 Å². The standard InChI is InChI=1S/C28H38F2N8O2S/c1-18-24-25(32-20-3-5-21(6-4-20)36-11-13-37(14-12-36)27(39)40-2)33-23(34-26(24)41-35-18)15-19-16-31-38(17-19)22-7-9-28(29,30)10-8-22/h16-17,20-22H,3-15H2,1-2H3,(H,32,33,34). The van der Waals surface area contributed by atoms with Gasteiger partial charge in [-0.05, 0) is 62.5 Å². The van der Waals surface area contributed by atoms with Crippen molar-refractivity contribution in [2.75, 3.05) is 38.6 Å². The Kier molecular flexibility index (Phi) is 8.08. The second-order valence-corrected chi connectivity index (χ2v) is 12.4. The van der Waals surface area contributed by atoms with Crippen LogP contribution in [0.25, 0.3) is 10.2 Å². The molecule has 2 aliphatic carbocycles. The molecule has 0 aromatic carbocycles. The predicted molar refractivity (Wildman–Crippen MR) is 153 cm³/mol. The van der Waals surface area contributed by atoms with E-state index in [0.29, 0.717) is 50.3 Å². The Morgan fingerprint density at radius 2 is 1.80 bits per heavy atom. The number of anilines is 1. The van der Waals surface area contributed by atoms with Gasteiger partial charge in [0.1, 0.15) is 16.5 Å². The van der Waals surface area contributed by atoms with Crippen LogP contribution >= 0.6 is 11.5 Å². The monoisotopic (exact) mass is 588 g/mol. The molecule has 3 aromatic heterocycles. The highest BCUT2D eigenvalue weighted by atomic mass is 32.1. The third kappa shape index (κ3) is 6.30. The van der Waals surface area contributed by atoms with Crippen LogP contribution in [-0.4, -0.2) is 91.3 Å². The van der Waals surface area contributed by atoms with E-state index in [-0.39, 0.29) is 25.0 Å². The van der Waals surface area contributed by atoms with E-state index < -0.39 is 5.92 Å². The number of amides is 1. The summed E-state index contributed by atoms with van der Waals surface area (Å²) in [5.41, 5.74) is 1.90. The quantitative estimate of drug-likeness (QED) is 0.428. The number of methoxy groups -OCH3 is 1. The topological polar surface area (TPSA) is 101 Å². The fourth-order valence-electron chi connectivity index (χ4n) is 6.54. The third-order valence-electron chi connectivity index (χ3n) is 8.93. The van der Waals surface area contributed by atoms with E-state index in [4.69, 9.17) is 14.7 Å². The first-order valence-corrected chi connectivity index (χ1v) is 15.4. The number of piperazine rings is 1. The largest absolute Gasteiger partial charge is 0.453 e. The molecule has 13 heteroatoms. The first-order chi connectivity index (χ1) is 19.8. The van der Waals surface area contributed by atoms with Crippen molar-refractivity contribution in [1.82, 2.24) is 33.9 Å². The molecule has 1 saturated heterocycles. The number of nitrogens with zero attached hydrogens (tertiary/aromatic N) is 7. The minimum atomic E-state index is -2.55. The summed E-state index contributed by atoms with van der Waals surface area (Å²) >= 11 is 1.39. The lowest BCUT2D eigenvalue weighted by atomic mass is 9.89. The van der Waals surface area contributed by atoms with Crippen LogP contribution in [-0.2, 0) is 11.2 Å². The molecule has 2 saturated carbocycles. The molecule has 0 bridgehead atoms. The van der Waals surface area contributed by atoms with E-state index in [1.54, 1.807) is 11.1 Å². The Labute approximate surface area is 242 Å². The molecule has 41 heavy (non-hydrogen) atoms. The normalized spacial score (nSPS) is 24.0.